The number of carbonyl (C=O) groups excluding carboxylic acids is 1. The highest BCUT2D eigenvalue weighted by molar-refractivity contribution is 6.69. The maximum absolute atomic E-state index is 11.2. The summed E-state index contributed by atoms with van der Waals surface area (Å²) in [7, 11) is -1.63. The minimum Gasteiger partial charge on any atom is -0.456 e. The third-order valence-electron chi connectivity index (χ3n) is 2.18. The fourth-order valence-corrected chi connectivity index (χ4v) is 2.50. The molecule has 0 amide bonds. The molecule has 0 aromatic carbocycles. The van der Waals surface area contributed by atoms with Crippen LogP contribution in [-0.2, 0) is 14.0 Å². The van der Waals surface area contributed by atoms with E-state index in [0.717, 1.165) is 12.8 Å². The highest BCUT2D eigenvalue weighted by atomic mass is 28.4. The first kappa shape index (κ1) is 17.2. The van der Waals surface area contributed by atoms with Gasteiger partial charge in [0.25, 0.3) is 0 Å². The van der Waals surface area contributed by atoms with E-state index in [9.17, 15) is 4.79 Å². The van der Waals surface area contributed by atoms with Crippen LogP contribution in [-0.4, -0.2) is 27.0 Å². The monoisotopic (exact) mass is 270 g/mol. The molecule has 18 heavy (non-hydrogen) atoms. The molecule has 4 heteroatoms. The summed E-state index contributed by atoms with van der Waals surface area (Å²) in [6.45, 7) is 10.7. The number of esters is 1. The van der Waals surface area contributed by atoms with E-state index in [1.807, 2.05) is 0 Å². The van der Waals surface area contributed by atoms with Crippen molar-refractivity contribution >= 4 is 14.3 Å². The van der Waals surface area contributed by atoms with Gasteiger partial charge in [0.15, 0.2) is 8.32 Å². The van der Waals surface area contributed by atoms with Gasteiger partial charge in [-0.25, -0.2) is 4.79 Å². The van der Waals surface area contributed by atoms with Crippen LogP contribution in [0.4, 0.5) is 0 Å². The minimum absolute atomic E-state index is 0.132. The molecule has 0 aliphatic heterocycles. The second-order valence-corrected chi connectivity index (χ2v) is 9.66. The van der Waals surface area contributed by atoms with Crippen LogP contribution in [0.5, 0.6) is 0 Å². The molecule has 0 aromatic heterocycles. The number of hydrogen-bond donors (Lipinski definition) is 0. The Hall–Kier alpha value is -0.793. The van der Waals surface area contributed by atoms with Gasteiger partial charge >= 0.3 is 5.97 Å². The summed E-state index contributed by atoms with van der Waals surface area (Å²) >= 11 is 0. The molecule has 0 bridgehead atoms. The van der Waals surface area contributed by atoms with Gasteiger partial charge in [-0.05, 0) is 39.4 Å². The van der Waals surface area contributed by atoms with Gasteiger partial charge in [0.05, 0.1) is 6.61 Å². The lowest BCUT2D eigenvalue weighted by molar-refractivity contribution is -0.136. The Balaban J connectivity index is 4.40. The number of ether oxygens (including phenoxy) is 1. The van der Waals surface area contributed by atoms with Crippen LogP contribution in [0, 0.1) is 11.8 Å². The van der Waals surface area contributed by atoms with Crippen molar-refractivity contribution in [3.8, 4) is 11.8 Å². The maximum atomic E-state index is 11.2. The summed E-state index contributed by atoms with van der Waals surface area (Å²) in [6, 6.07) is 0. The average Bonchev–Trinajstić information content (AvgIpc) is 2.24. The Labute approximate surface area is 112 Å². The topological polar surface area (TPSA) is 35.5 Å². The normalized spacial score (nSPS) is 12.5. The fraction of sp³-hybridized carbons (Fsp3) is 0.786. The second-order valence-electron chi connectivity index (χ2n) is 5.20. The Morgan fingerprint density at radius 1 is 1.22 bits per heavy atom. The summed E-state index contributed by atoms with van der Waals surface area (Å²) in [5.41, 5.74) is 0. The van der Waals surface area contributed by atoms with Gasteiger partial charge in [0.1, 0.15) is 6.10 Å². The standard InChI is InChI=1S/C14H26O3Si/c1-6-8-9-10-13(17-18(3,4)5)11-12-14(15)16-7-2/h13H,6-10H2,1-5H3. The lowest BCUT2D eigenvalue weighted by atomic mass is 10.1. The molecule has 0 N–H and O–H groups in total. The van der Waals surface area contributed by atoms with Crippen molar-refractivity contribution in [1.82, 2.24) is 0 Å². The van der Waals surface area contributed by atoms with Crippen molar-refractivity contribution in [2.24, 2.45) is 0 Å². The molecule has 1 unspecified atom stereocenters. The van der Waals surface area contributed by atoms with E-state index < -0.39 is 14.3 Å². The SMILES string of the molecule is CCCCCC(C#CC(=O)OCC)O[Si](C)(C)C. The van der Waals surface area contributed by atoms with Crippen LogP contribution in [0.25, 0.3) is 0 Å². The predicted octanol–water partition coefficient (Wildman–Crippen LogP) is 3.35. The van der Waals surface area contributed by atoms with Crippen LogP contribution >= 0.6 is 0 Å². The first-order valence-corrected chi connectivity index (χ1v) is 10.2. The van der Waals surface area contributed by atoms with E-state index in [0.29, 0.717) is 6.61 Å². The predicted molar refractivity (Wildman–Crippen MR) is 76.8 cm³/mol. The third kappa shape index (κ3) is 10.4. The quantitative estimate of drug-likeness (QED) is 0.234. The molecule has 0 rings (SSSR count). The van der Waals surface area contributed by atoms with E-state index in [-0.39, 0.29) is 6.10 Å². The number of carbonyl (C=O) groups is 1. The molecule has 1 atom stereocenters. The summed E-state index contributed by atoms with van der Waals surface area (Å²) in [4.78, 5) is 11.2. The molecule has 0 spiro atoms. The van der Waals surface area contributed by atoms with E-state index in [1.54, 1.807) is 6.92 Å². The van der Waals surface area contributed by atoms with Crippen molar-refractivity contribution < 1.29 is 14.0 Å². The molecule has 0 aliphatic carbocycles. The molecule has 0 radical (unpaired) electrons. The molecular weight excluding hydrogens is 244 g/mol. The van der Waals surface area contributed by atoms with Crippen LogP contribution in [0.3, 0.4) is 0 Å². The lowest BCUT2D eigenvalue weighted by Crippen LogP contribution is -2.31. The largest absolute Gasteiger partial charge is 0.456 e. The zero-order valence-corrected chi connectivity index (χ0v) is 13.3. The molecule has 0 aliphatic rings. The zero-order chi connectivity index (χ0) is 14.0. The van der Waals surface area contributed by atoms with Gasteiger partial charge in [0, 0.05) is 5.92 Å². The van der Waals surface area contributed by atoms with E-state index in [2.05, 4.69) is 38.4 Å². The van der Waals surface area contributed by atoms with Crippen LogP contribution in [0.15, 0.2) is 0 Å². The zero-order valence-electron chi connectivity index (χ0n) is 12.3. The van der Waals surface area contributed by atoms with Gasteiger partial charge in [-0.1, -0.05) is 25.7 Å². The summed E-state index contributed by atoms with van der Waals surface area (Å²) in [5, 5.41) is 0. The molecule has 0 aromatic rings. The Bertz CT molecular complexity index is 296. The first-order valence-electron chi connectivity index (χ1n) is 6.75. The molecule has 0 saturated heterocycles. The number of hydrogen-bond acceptors (Lipinski definition) is 3. The van der Waals surface area contributed by atoms with E-state index >= 15 is 0 Å². The van der Waals surface area contributed by atoms with Crippen LogP contribution < -0.4 is 0 Å². The van der Waals surface area contributed by atoms with Crippen molar-refractivity contribution in [3.63, 3.8) is 0 Å². The molecule has 0 heterocycles. The molecule has 3 nitrogen and oxygen atoms in total. The van der Waals surface area contributed by atoms with Crippen molar-refractivity contribution in [2.75, 3.05) is 6.61 Å². The smallest absolute Gasteiger partial charge is 0.384 e. The summed E-state index contributed by atoms with van der Waals surface area (Å²) < 4.78 is 10.8. The minimum atomic E-state index is -1.63. The fourth-order valence-electron chi connectivity index (χ4n) is 1.47. The van der Waals surface area contributed by atoms with Gasteiger partial charge < -0.3 is 9.16 Å². The van der Waals surface area contributed by atoms with Gasteiger partial charge in [0.2, 0.25) is 0 Å². The van der Waals surface area contributed by atoms with Gasteiger partial charge in [-0.2, -0.15) is 0 Å². The molecular formula is C14H26O3Si. The Morgan fingerprint density at radius 3 is 2.39 bits per heavy atom. The maximum Gasteiger partial charge on any atom is 0.384 e. The Morgan fingerprint density at radius 2 is 1.89 bits per heavy atom. The van der Waals surface area contributed by atoms with Crippen LogP contribution in [0.1, 0.15) is 39.5 Å². The highest BCUT2D eigenvalue weighted by Gasteiger charge is 2.19. The van der Waals surface area contributed by atoms with Gasteiger partial charge in [-0.3, -0.25) is 0 Å². The van der Waals surface area contributed by atoms with E-state index in [4.69, 9.17) is 9.16 Å². The van der Waals surface area contributed by atoms with Gasteiger partial charge in [-0.15, -0.1) is 0 Å². The average molecular weight is 270 g/mol. The first-order chi connectivity index (χ1) is 8.39. The lowest BCUT2D eigenvalue weighted by Gasteiger charge is -2.22. The third-order valence-corrected chi connectivity index (χ3v) is 3.17. The molecule has 0 fully saturated rings. The Kier molecular flexibility index (Phi) is 8.77. The number of rotatable bonds is 7. The summed E-state index contributed by atoms with van der Waals surface area (Å²) in [5.74, 6) is 4.97. The summed E-state index contributed by atoms with van der Waals surface area (Å²) in [6.07, 6.45) is 4.19. The van der Waals surface area contributed by atoms with Crippen molar-refractivity contribution in [2.45, 2.75) is 65.3 Å². The molecule has 0 saturated carbocycles. The number of unbranched alkanes of at least 4 members (excludes halogenated alkanes) is 2. The molecule has 104 valence electrons. The highest BCUT2D eigenvalue weighted by Crippen LogP contribution is 2.13. The van der Waals surface area contributed by atoms with E-state index in [1.165, 1.54) is 12.8 Å². The second kappa shape index (κ2) is 9.18. The van der Waals surface area contributed by atoms with Crippen molar-refractivity contribution in [1.29, 1.82) is 0 Å². The van der Waals surface area contributed by atoms with Crippen LogP contribution in [0.2, 0.25) is 19.6 Å². The van der Waals surface area contributed by atoms with Crippen molar-refractivity contribution in [3.05, 3.63) is 0 Å².